The lowest BCUT2D eigenvalue weighted by molar-refractivity contribution is -0.136. The summed E-state index contributed by atoms with van der Waals surface area (Å²) in [5, 5.41) is 4.42. The van der Waals surface area contributed by atoms with E-state index in [1.807, 2.05) is 24.3 Å². The molecule has 0 aromatic heterocycles. The van der Waals surface area contributed by atoms with Gasteiger partial charge in [-0.2, -0.15) is 0 Å². The summed E-state index contributed by atoms with van der Waals surface area (Å²) in [6, 6.07) is 2.61. The van der Waals surface area contributed by atoms with Gasteiger partial charge in [-0.3, -0.25) is 9.59 Å². The van der Waals surface area contributed by atoms with Crippen LogP contribution in [0.2, 0.25) is 0 Å². The number of hydrogen-bond acceptors (Lipinski definition) is 3. The molecule has 1 rings (SSSR count). The van der Waals surface area contributed by atoms with Gasteiger partial charge in [0, 0.05) is 12.6 Å². The molecule has 1 aromatic rings. The molecule has 0 saturated carbocycles. The van der Waals surface area contributed by atoms with Crippen molar-refractivity contribution in [3.05, 3.63) is 29.8 Å². The molecule has 0 spiro atoms. The topological polar surface area (TPSA) is 61.4 Å². The predicted octanol–water partition coefficient (Wildman–Crippen LogP) is 0.971. The molecule has 0 aliphatic rings. The zero-order valence-corrected chi connectivity index (χ0v) is 11.4. The number of benzene rings is 1. The van der Waals surface area contributed by atoms with Gasteiger partial charge in [0.15, 0.2) is 0 Å². The molecule has 0 bridgehead atoms. The van der Waals surface area contributed by atoms with E-state index in [2.05, 4.69) is 5.32 Å². The van der Waals surface area contributed by atoms with Crippen LogP contribution in [0.4, 0.5) is 14.5 Å². The monoisotopic (exact) mass is 285 g/mol. The minimum atomic E-state index is -1.03. The molecular weight excluding hydrogens is 268 g/mol. The van der Waals surface area contributed by atoms with Gasteiger partial charge in [0.05, 0.1) is 5.69 Å². The highest BCUT2D eigenvalue weighted by Crippen LogP contribution is 2.14. The molecule has 0 unspecified atom stereocenters. The van der Waals surface area contributed by atoms with Crippen LogP contribution in [0.25, 0.3) is 0 Å². The number of nitrogens with zero attached hydrogens (tertiary/aromatic N) is 1. The molecule has 0 aliphatic carbocycles. The predicted molar refractivity (Wildman–Crippen MR) is 71.2 cm³/mol. The summed E-state index contributed by atoms with van der Waals surface area (Å²) >= 11 is 0. The van der Waals surface area contributed by atoms with Crippen molar-refractivity contribution < 1.29 is 18.4 Å². The Kier molecular flexibility index (Phi) is 6.05. The van der Waals surface area contributed by atoms with Crippen molar-refractivity contribution in [2.75, 3.05) is 32.5 Å². The molecule has 0 heterocycles. The van der Waals surface area contributed by atoms with Gasteiger partial charge in [0.2, 0.25) is 0 Å². The van der Waals surface area contributed by atoms with Gasteiger partial charge >= 0.3 is 11.8 Å². The molecule has 0 fully saturated rings. The smallest absolute Gasteiger partial charge is 0.313 e. The van der Waals surface area contributed by atoms with Crippen molar-refractivity contribution in [3.8, 4) is 0 Å². The first-order chi connectivity index (χ1) is 9.40. The summed E-state index contributed by atoms with van der Waals surface area (Å²) in [4.78, 5) is 24.9. The molecule has 2 N–H and O–H groups in total. The van der Waals surface area contributed by atoms with Crippen LogP contribution in [0.5, 0.6) is 0 Å². The second-order valence-corrected chi connectivity index (χ2v) is 4.49. The van der Waals surface area contributed by atoms with E-state index in [-0.39, 0.29) is 5.69 Å². The van der Waals surface area contributed by atoms with E-state index in [9.17, 15) is 18.4 Å². The summed E-state index contributed by atoms with van der Waals surface area (Å²) in [6.07, 6.45) is 0.681. The Morgan fingerprint density at radius 3 is 2.55 bits per heavy atom. The third-order valence-corrected chi connectivity index (χ3v) is 2.45. The number of rotatable bonds is 5. The molecule has 110 valence electrons. The maximum atomic E-state index is 13.3. The zero-order valence-electron chi connectivity index (χ0n) is 11.4. The number of carbonyl (C=O) groups is 2. The van der Waals surface area contributed by atoms with Crippen LogP contribution >= 0.6 is 0 Å². The average molecular weight is 285 g/mol. The second kappa shape index (κ2) is 7.54. The molecule has 2 amide bonds. The standard InChI is InChI=1S/C13H17F2N3O2/c1-18(2)7-3-6-16-12(19)13(20)17-11-8-9(14)4-5-10(11)15/h4-5,8H,3,6-7H2,1-2H3,(H,16,19)(H,17,20). The summed E-state index contributed by atoms with van der Waals surface area (Å²) in [5.74, 6) is -3.42. The highest BCUT2D eigenvalue weighted by molar-refractivity contribution is 6.39. The summed E-state index contributed by atoms with van der Waals surface area (Å²) in [6.45, 7) is 1.09. The number of amides is 2. The van der Waals surface area contributed by atoms with Gasteiger partial charge in [0.25, 0.3) is 0 Å². The van der Waals surface area contributed by atoms with Gasteiger partial charge in [-0.1, -0.05) is 0 Å². The molecule has 0 atom stereocenters. The summed E-state index contributed by atoms with van der Waals surface area (Å²) < 4.78 is 26.2. The van der Waals surface area contributed by atoms with Gasteiger partial charge in [-0.05, 0) is 39.2 Å². The Balaban J connectivity index is 2.45. The summed E-state index contributed by atoms with van der Waals surface area (Å²) in [7, 11) is 3.78. The minimum absolute atomic E-state index is 0.329. The molecule has 0 saturated heterocycles. The molecular formula is C13H17F2N3O2. The van der Waals surface area contributed by atoms with E-state index in [0.29, 0.717) is 13.0 Å². The summed E-state index contributed by atoms with van der Waals surface area (Å²) in [5.41, 5.74) is -0.363. The molecule has 0 radical (unpaired) electrons. The van der Waals surface area contributed by atoms with Crippen molar-refractivity contribution in [2.24, 2.45) is 0 Å². The zero-order chi connectivity index (χ0) is 15.1. The molecule has 7 heteroatoms. The largest absolute Gasteiger partial charge is 0.348 e. The van der Waals surface area contributed by atoms with Crippen LogP contribution in [0.3, 0.4) is 0 Å². The van der Waals surface area contributed by atoms with Crippen molar-refractivity contribution in [2.45, 2.75) is 6.42 Å². The Hall–Kier alpha value is -2.02. The molecule has 20 heavy (non-hydrogen) atoms. The van der Waals surface area contributed by atoms with Gasteiger partial charge in [0.1, 0.15) is 11.6 Å². The fourth-order valence-corrected chi connectivity index (χ4v) is 1.45. The highest BCUT2D eigenvalue weighted by Gasteiger charge is 2.15. The Morgan fingerprint density at radius 1 is 1.20 bits per heavy atom. The van der Waals surface area contributed by atoms with Crippen molar-refractivity contribution in [1.82, 2.24) is 10.2 Å². The van der Waals surface area contributed by atoms with Crippen molar-refractivity contribution in [1.29, 1.82) is 0 Å². The second-order valence-electron chi connectivity index (χ2n) is 4.49. The lowest BCUT2D eigenvalue weighted by atomic mass is 10.3. The van der Waals surface area contributed by atoms with E-state index < -0.39 is 23.4 Å². The average Bonchev–Trinajstić information content (AvgIpc) is 2.38. The van der Waals surface area contributed by atoms with E-state index in [1.165, 1.54) is 0 Å². The Morgan fingerprint density at radius 2 is 1.90 bits per heavy atom. The number of halogens is 2. The number of nitrogens with one attached hydrogen (secondary N) is 2. The fraction of sp³-hybridized carbons (Fsp3) is 0.385. The Labute approximate surface area is 115 Å². The lowest BCUT2D eigenvalue weighted by Crippen LogP contribution is -2.36. The van der Waals surface area contributed by atoms with Gasteiger partial charge in [-0.25, -0.2) is 8.78 Å². The van der Waals surface area contributed by atoms with E-state index in [0.717, 1.165) is 24.7 Å². The third kappa shape index (κ3) is 5.31. The SMILES string of the molecule is CN(C)CCCNC(=O)C(=O)Nc1cc(F)ccc1F. The fourth-order valence-electron chi connectivity index (χ4n) is 1.45. The highest BCUT2D eigenvalue weighted by atomic mass is 19.1. The quantitative estimate of drug-likeness (QED) is 0.626. The van der Waals surface area contributed by atoms with Crippen molar-refractivity contribution in [3.63, 3.8) is 0 Å². The lowest BCUT2D eigenvalue weighted by Gasteiger charge is -2.10. The van der Waals surface area contributed by atoms with Crippen LogP contribution < -0.4 is 10.6 Å². The van der Waals surface area contributed by atoms with Gasteiger partial charge in [-0.15, -0.1) is 0 Å². The van der Waals surface area contributed by atoms with Crippen LogP contribution in [0.1, 0.15) is 6.42 Å². The van der Waals surface area contributed by atoms with Crippen LogP contribution in [-0.4, -0.2) is 43.9 Å². The van der Waals surface area contributed by atoms with Crippen LogP contribution in [0.15, 0.2) is 18.2 Å². The minimum Gasteiger partial charge on any atom is -0.348 e. The van der Waals surface area contributed by atoms with Crippen LogP contribution in [-0.2, 0) is 9.59 Å². The Bertz CT molecular complexity index is 493. The normalized spacial score (nSPS) is 10.4. The maximum Gasteiger partial charge on any atom is 0.313 e. The number of hydrogen-bond donors (Lipinski definition) is 2. The molecule has 1 aromatic carbocycles. The molecule has 0 aliphatic heterocycles. The molecule has 5 nitrogen and oxygen atoms in total. The van der Waals surface area contributed by atoms with E-state index >= 15 is 0 Å². The first-order valence-electron chi connectivity index (χ1n) is 6.09. The number of anilines is 1. The van der Waals surface area contributed by atoms with E-state index in [1.54, 1.807) is 0 Å². The van der Waals surface area contributed by atoms with Gasteiger partial charge < -0.3 is 15.5 Å². The third-order valence-electron chi connectivity index (χ3n) is 2.45. The maximum absolute atomic E-state index is 13.3. The van der Waals surface area contributed by atoms with Crippen molar-refractivity contribution >= 4 is 17.5 Å². The van der Waals surface area contributed by atoms with Crippen LogP contribution in [0, 0.1) is 11.6 Å². The first-order valence-corrected chi connectivity index (χ1v) is 6.09. The van der Waals surface area contributed by atoms with E-state index in [4.69, 9.17) is 0 Å². The number of carbonyl (C=O) groups excluding carboxylic acids is 2. The first kappa shape index (κ1) is 16.0.